The van der Waals surface area contributed by atoms with E-state index in [0.29, 0.717) is 4.88 Å². The molecule has 6 heteroatoms. The van der Waals surface area contributed by atoms with Gasteiger partial charge in [0.25, 0.3) is 0 Å². The molecule has 3 rings (SSSR count). The largest absolute Gasteiger partial charge is 0.465 e. The van der Waals surface area contributed by atoms with Crippen LogP contribution in [0.5, 0.6) is 0 Å². The molecule has 3 aromatic heterocycles. The second-order valence-electron chi connectivity index (χ2n) is 4.20. The molecule has 0 atom stereocenters. The normalized spacial score (nSPS) is 10.8. The van der Waals surface area contributed by atoms with Crippen molar-refractivity contribution in [3.63, 3.8) is 0 Å². The van der Waals surface area contributed by atoms with E-state index in [1.807, 2.05) is 35.7 Å². The average Bonchev–Trinajstić information content (AvgIpc) is 2.96. The van der Waals surface area contributed by atoms with Crippen molar-refractivity contribution in [1.29, 1.82) is 5.26 Å². The van der Waals surface area contributed by atoms with Gasteiger partial charge in [0.05, 0.1) is 27.7 Å². The molecule has 0 aromatic carbocycles. The molecule has 3 aromatic rings. The lowest BCUT2D eigenvalue weighted by Crippen LogP contribution is -2.00. The molecule has 0 fully saturated rings. The van der Waals surface area contributed by atoms with Gasteiger partial charge in [-0.3, -0.25) is 0 Å². The molecule has 100 valence electrons. The number of hydrogen-bond acceptors (Lipinski definition) is 5. The van der Waals surface area contributed by atoms with Gasteiger partial charge < -0.3 is 9.14 Å². The second-order valence-corrected chi connectivity index (χ2v) is 6.02. The third kappa shape index (κ3) is 1.71. The van der Waals surface area contributed by atoms with Crippen LogP contribution in [0.4, 0.5) is 0 Å². The van der Waals surface area contributed by atoms with Gasteiger partial charge in [-0.15, -0.1) is 11.3 Å². The van der Waals surface area contributed by atoms with Crippen LogP contribution in [0.15, 0.2) is 29.3 Å². The first-order chi connectivity index (χ1) is 9.69. The number of thioether (sulfide) groups is 1. The first-order valence-electron chi connectivity index (χ1n) is 5.85. The van der Waals surface area contributed by atoms with Gasteiger partial charge in [-0.25, -0.2) is 4.79 Å². The Labute approximate surface area is 123 Å². The Hall–Kier alpha value is -1.97. The van der Waals surface area contributed by atoms with Gasteiger partial charge >= 0.3 is 5.97 Å². The van der Waals surface area contributed by atoms with Gasteiger partial charge in [-0.2, -0.15) is 5.26 Å². The average molecular weight is 302 g/mol. The molecule has 0 saturated carbocycles. The summed E-state index contributed by atoms with van der Waals surface area (Å²) in [6.45, 7) is 1.91. The number of fused-ring (bicyclic) bond motifs is 3. The van der Waals surface area contributed by atoms with Crippen molar-refractivity contribution in [3.05, 3.63) is 34.8 Å². The Balaban J connectivity index is 2.44. The molecule has 3 heterocycles. The minimum atomic E-state index is -0.332. The van der Waals surface area contributed by atoms with E-state index in [4.69, 9.17) is 10.00 Å². The molecule has 0 N–H and O–H groups in total. The van der Waals surface area contributed by atoms with E-state index in [-0.39, 0.29) is 5.97 Å². The van der Waals surface area contributed by atoms with Crippen molar-refractivity contribution in [1.82, 2.24) is 4.40 Å². The second kappa shape index (κ2) is 4.85. The lowest BCUT2D eigenvalue weighted by Gasteiger charge is -2.00. The Kier molecular flexibility index (Phi) is 3.16. The fourth-order valence-electron chi connectivity index (χ4n) is 2.32. The van der Waals surface area contributed by atoms with Crippen LogP contribution in [0.25, 0.3) is 15.7 Å². The maximum atomic E-state index is 11.8. The molecule has 4 nitrogen and oxygen atoms in total. The van der Waals surface area contributed by atoms with Gasteiger partial charge in [0.15, 0.2) is 0 Å². The summed E-state index contributed by atoms with van der Waals surface area (Å²) in [6, 6.07) is 5.85. The fourth-order valence-corrected chi connectivity index (χ4v) is 4.29. The molecule has 0 unspecified atom stereocenters. The standard InChI is InChI=1S/C14H10N2O2S2/c1-8-10-13(20-11(8)14(17)18-2)12(19-7-15)9-5-3-4-6-16(9)10/h3-6H,1-2H3. The van der Waals surface area contributed by atoms with E-state index in [9.17, 15) is 4.79 Å². The number of methoxy groups -OCH3 is 1. The number of hydrogen-bond donors (Lipinski definition) is 0. The van der Waals surface area contributed by atoms with Crippen LogP contribution in [0.1, 0.15) is 15.2 Å². The molecule has 0 aliphatic heterocycles. The predicted molar refractivity (Wildman–Crippen MR) is 80.3 cm³/mol. The lowest BCUT2D eigenvalue weighted by atomic mass is 10.2. The van der Waals surface area contributed by atoms with Gasteiger partial charge in [-0.05, 0) is 36.4 Å². The monoisotopic (exact) mass is 302 g/mol. The van der Waals surface area contributed by atoms with E-state index in [2.05, 4.69) is 5.40 Å². The van der Waals surface area contributed by atoms with Crippen LogP contribution in [0.2, 0.25) is 0 Å². The first-order valence-corrected chi connectivity index (χ1v) is 7.48. The zero-order chi connectivity index (χ0) is 14.3. The molecule has 20 heavy (non-hydrogen) atoms. The fraction of sp³-hybridized carbons (Fsp3) is 0.143. The summed E-state index contributed by atoms with van der Waals surface area (Å²) in [5.41, 5.74) is 2.85. The number of thiocyanates is 1. The number of thiophene rings is 1. The summed E-state index contributed by atoms with van der Waals surface area (Å²) in [4.78, 5) is 13.3. The number of pyridine rings is 1. The zero-order valence-corrected chi connectivity index (χ0v) is 12.5. The number of nitrogens with zero attached hydrogens (tertiary/aromatic N) is 2. The number of carbonyl (C=O) groups is 1. The van der Waals surface area contributed by atoms with Crippen LogP contribution in [-0.4, -0.2) is 17.5 Å². The van der Waals surface area contributed by atoms with Crippen LogP contribution in [0, 0.1) is 17.6 Å². The topological polar surface area (TPSA) is 54.5 Å². The smallest absolute Gasteiger partial charge is 0.348 e. The zero-order valence-electron chi connectivity index (χ0n) is 10.8. The number of nitriles is 1. The summed E-state index contributed by atoms with van der Waals surface area (Å²) >= 11 is 2.51. The predicted octanol–water partition coefficient (Wildman–Crippen LogP) is 3.82. The molecule has 0 aliphatic carbocycles. The number of aryl methyl sites for hydroxylation is 1. The highest BCUT2D eigenvalue weighted by Gasteiger charge is 2.22. The Bertz CT molecular complexity index is 871. The summed E-state index contributed by atoms with van der Waals surface area (Å²) in [6.07, 6.45) is 1.94. The quantitative estimate of drug-likeness (QED) is 0.410. The lowest BCUT2D eigenvalue weighted by molar-refractivity contribution is 0.0605. The summed E-state index contributed by atoms with van der Waals surface area (Å²) < 4.78 is 7.80. The highest BCUT2D eigenvalue weighted by molar-refractivity contribution is 8.04. The molecular weight excluding hydrogens is 292 g/mol. The number of ether oxygens (including phenoxy) is 1. The van der Waals surface area contributed by atoms with Crippen molar-refractivity contribution in [2.45, 2.75) is 11.8 Å². The molecule has 0 amide bonds. The van der Waals surface area contributed by atoms with E-state index >= 15 is 0 Å². The van der Waals surface area contributed by atoms with Gasteiger partial charge in [-0.1, -0.05) is 6.07 Å². The van der Waals surface area contributed by atoms with Crippen molar-refractivity contribution >= 4 is 44.8 Å². The molecule has 0 radical (unpaired) electrons. The molecule has 0 saturated heterocycles. The highest BCUT2D eigenvalue weighted by atomic mass is 32.2. The third-order valence-electron chi connectivity index (χ3n) is 3.17. The highest BCUT2D eigenvalue weighted by Crippen LogP contribution is 2.41. The number of aromatic nitrogens is 1. The SMILES string of the molecule is COC(=O)c1sc2c(SC#N)c3ccccn3c2c1C. The minimum Gasteiger partial charge on any atom is -0.465 e. The number of carbonyl (C=O) groups excluding carboxylic acids is 1. The van der Waals surface area contributed by atoms with Crippen molar-refractivity contribution in [3.8, 4) is 5.40 Å². The minimum absolute atomic E-state index is 0.332. The van der Waals surface area contributed by atoms with Crippen molar-refractivity contribution in [2.75, 3.05) is 7.11 Å². The van der Waals surface area contributed by atoms with Gasteiger partial charge in [0, 0.05) is 6.20 Å². The van der Waals surface area contributed by atoms with E-state index in [0.717, 1.165) is 38.0 Å². The summed E-state index contributed by atoms with van der Waals surface area (Å²) in [5, 5.41) is 11.1. The Morgan fingerprint density at radius 3 is 3.00 bits per heavy atom. The summed E-state index contributed by atoms with van der Waals surface area (Å²) in [7, 11) is 1.38. The van der Waals surface area contributed by atoms with E-state index < -0.39 is 0 Å². The molecule has 0 aliphatic rings. The molecular formula is C14H10N2O2S2. The molecule has 0 bridgehead atoms. The van der Waals surface area contributed by atoms with Gasteiger partial charge in [0.1, 0.15) is 10.3 Å². The number of esters is 1. The van der Waals surface area contributed by atoms with Crippen molar-refractivity contribution < 1.29 is 9.53 Å². The maximum Gasteiger partial charge on any atom is 0.348 e. The summed E-state index contributed by atoms with van der Waals surface area (Å²) in [5.74, 6) is -0.332. The first kappa shape index (κ1) is 13.0. The van der Waals surface area contributed by atoms with Gasteiger partial charge in [0.2, 0.25) is 0 Å². The van der Waals surface area contributed by atoms with E-state index in [1.165, 1.54) is 18.4 Å². The number of rotatable bonds is 2. The van der Waals surface area contributed by atoms with E-state index in [1.54, 1.807) is 0 Å². The van der Waals surface area contributed by atoms with Crippen LogP contribution in [-0.2, 0) is 4.74 Å². The third-order valence-corrected chi connectivity index (χ3v) is 5.29. The van der Waals surface area contributed by atoms with Crippen LogP contribution in [0.3, 0.4) is 0 Å². The van der Waals surface area contributed by atoms with Crippen LogP contribution >= 0.6 is 23.1 Å². The maximum absolute atomic E-state index is 11.8. The van der Waals surface area contributed by atoms with Crippen molar-refractivity contribution in [2.24, 2.45) is 0 Å². The Morgan fingerprint density at radius 2 is 2.30 bits per heavy atom. The van der Waals surface area contributed by atoms with Crippen LogP contribution < -0.4 is 0 Å². The Morgan fingerprint density at radius 1 is 1.50 bits per heavy atom. The molecule has 0 spiro atoms.